The van der Waals surface area contributed by atoms with Crippen molar-refractivity contribution in [3.05, 3.63) is 124 Å². The molecule has 9 heteroatoms. The number of anilines is 1. The molecule has 0 aliphatic rings. The molecule has 0 aliphatic heterocycles. The topological polar surface area (TPSA) is 85.6 Å². The maximum absolute atomic E-state index is 13.4. The van der Waals surface area contributed by atoms with E-state index in [1.165, 1.54) is 29.1 Å². The SMILES string of the molecule is O=C(COc1ccc(Cl)cc1C=Nn1c(-c2ccccc2)nc2ccccc2c1=O)Nc1cccc(F)c1. The highest BCUT2D eigenvalue weighted by molar-refractivity contribution is 6.30. The van der Waals surface area contributed by atoms with Crippen molar-refractivity contribution >= 4 is 40.3 Å². The van der Waals surface area contributed by atoms with Crippen LogP contribution in [0, 0.1) is 5.82 Å². The molecule has 1 N–H and O–H groups in total. The Labute approximate surface area is 221 Å². The Hall–Kier alpha value is -4.82. The summed E-state index contributed by atoms with van der Waals surface area (Å²) in [6.45, 7) is -0.342. The Kier molecular flexibility index (Phi) is 7.24. The van der Waals surface area contributed by atoms with E-state index >= 15 is 0 Å². The smallest absolute Gasteiger partial charge is 0.282 e. The molecule has 38 heavy (non-hydrogen) atoms. The lowest BCUT2D eigenvalue weighted by molar-refractivity contribution is -0.118. The van der Waals surface area contributed by atoms with Crippen LogP contribution in [-0.4, -0.2) is 28.4 Å². The maximum atomic E-state index is 13.4. The second kappa shape index (κ2) is 11.1. The van der Waals surface area contributed by atoms with Gasteiger partial charge in [0.05, 0.1) is 17.1 Å². The molecule has 0 radical (unpaired) electrons. The van der Waals surface area contributed by atoms with Gasteiger partial charge in [-0.05, 0) is 48.5 Å². The van der Waals surface area contributed by atoms with E-state index in [4.69, 9.17) is 16.3 Å². The van der Waals surface area contributed by atoms with Gasteiger partial charge < -0.3 is 10.1 Å². The molecule has 1 heterocycles. The average Bonchev–Trinajstić information content (AvgIpc) is 2.92. The van der Waals surface area contributed by atoms with Gasteiger partial charge in [0.1, 0.15) is 11.6 Å². The van der Waals surface area contributed by atoms with Crippen LogP contribution in [0.2, 0.25) is 5.02 Å². The van der Waals surface area contributed by atoms with Crippen molar-refractivity contribution in [3.8, 4) is 17.1 Å². The molecule has 0 spiro atoms. The van der Waals surface area contributed by atoms with Crippen molar-refractivity contribution in [2.75, 3.05) is 11.9 Å². The number of carbonyl (C=O) groups excluding carboxylic acids is 1. The van der Waals surface area contributed by atoms with Crippen LogP contribution in [0.15, 0.2) is 107 Å². The summed E-state index contributed by atoms with van der Waals surface area (Å²) in [7, 11) is 0. The number of hydrogen-bond acceptors (Lipinski definition) is 5. The van der Waals surface area contributed by atoms with Gasteiger partial charge in [-0.3, -0.25) is 9.59 Å². The van der Waals surface area contributed by atoms with E-state index in [9.17, 15) is 14.0 Å². The number of benzene rings is 4. The van der Waals surface area contributed by atoms with E-state index in [1.54, 1.807) is 42.5 Å². The number of aromatic nitrogens is 2. The first kappa shape index (κ1) is 24.9. The van der Waals surface area contributed by atoms with Crippen LogP contribution in [0.4, 0.5) is 10.1 Å². The first-order valence-corrected chi connectivity index (χ1v) is 11.9. The third kappa shape index (κ3) is 5.61. The highest BCUT2D eigenvalue weighted by Gasteiger charge is 2.13. The van der Waals surface area contributed by atoms with E-state index in [1.807, 2.05) is 36.4 Å². The number of nitrogens with one attached hydrogen (secondary N) is 1. The fraction of sp³-hybridized carbons (Fsp3) is 0.0345. The lowest BCUT2D eigenvalue weighted by Gasteiger charge is -2.11. The first-order valence-electron chi connectivity index (χ1n) is 11.6. The molecule has 0 saturated heterocycles. The molecular formula is C29H20ClFN4O3. The van der Waals surface area contributed by atoms with Crippen molar-refractivity contribution in [2.45, 2.75) is 0 Å². The monoisotopic (exact) mass is 526 g/mol. The number of hydrogen-bond donors (Lipinski definition) is 1. The van der Waals surface area contributed by atoms with Crippen LogP contribution in [0.5, 0.6) is 5.75 Å². The largest absolute Gasteiger partial charge is 0.483 e. The number of fused-ring (bicyclic) bond motifs is 1. The molecule has 0 bridgehead atoms. The Morgan fingerprint density at radius 1 is 1.00 bits per heavy atom. The molecule has 4 aromatic carbocycles. The van der Waals surface area contributed by atoms with Crippen molar-refractivity contribution in [1.29, 1.82) is 0 Å². The van der Waals surface area contributed by atoms with E-state index < -0.39 is 11.7 Å². The van der Waals surface area contributed by atoms with Gasteiger partial charge in [-0.1, -0.05) is 60.1 Å². The zero-order chi connectivity index (χ0) is 26.5. The summed E-state index contributed by atoms with van der Waals surface area (Å²) in [5.74, 6) is -0.261. The summed E-state index contributed by atoms with van der Waals surface area (Å²) >= 11 is 6.21. The van der Waals surface area contributed by atoms with Gasteiger partial charge >= 0.3 is 0 Å². The molecular weight excluding hydrogens is 507 g/mol. The molecule has 0 aliphatic carbocycles. The molecule has 5 rings (SSSR count). The quantitative estimate of drug-likeness (QED) is 0.273. The van der Waals surface area contributed by atoms with Gasteiger partial charge in [-0.25, -0.2) is 9.37 Å². The summed E-state index contributed by atoms with van der Waals surface area (Å²) in [4.78, 5) is 30.4. The van der Waals surface area contributed by atoms with E-state index in [0.717, 1.165) is 0 Å². The zero-order valence-electron chi connectivity index (χ0n) is 19.8. The third-order valence-corrected chi connectivity index (χ3v) is 5.77. The van der Waals surface area contributed by atoms with Crippen LogP contribution in [0.3, 0.4) is 0 Å². The number of halogens is 2. The number of ether oxygens (including phenoxy) is 1. The Morgan fingerprint density at radius 3 is 2.61 bits per heavy atom. The minimum Gasteiger partial charge on any atom is -0.483 e. The van der Waals surface area contributed by atoms with Gasteiger partial charge in [0.15, 0.2) is 12.4 Å². The summed E-state index contributed by atoms with van der Waals surface area (Å²) in [6.07, 6.45) is 1.43. The Bertz CT molecular complexity index is 1720. The van der Waals surface area contributed by atoms with Crippen LogP contribution >= 0.6 is 11.6 Å². The van der Waals surface area contributed by atoms with Crippen LogP contribution in [0.25, 0.3) is 22.3 Å². The minimum absolute atomic E-state index is 0.313. The number of amides is 1. The van der Waals surface area contributed by atoms with Crippen molar-refractivity contribution < 1.29 is 13.9 Å². The summed E-state index contributed by atoms with van der Waals surface area (Å²) in [5.41, 5.74) is 1.68. The second-order valence-electron chi connectivity index (χ2n) is 8.21. The predicted molar refractivity (Wildman–Crippen MR) is 146 cm³/mol. The van der Waals surface area contributed by atoms with Crippen molar-refractivity contribution in [2.24, 2.45) is 5.10 Å². The predicted octanol–water partition coefficient (Wildman–Crippen LogP) is 5.76. The summed E-state index contributed by atoms with van der Waals surface area (Å²) in [5, 5.41) is 7.85. The van der Waals surface area contributed by atoms with E-state index in [0.29, 0.717) is 44.3 Å². The molecule has 1 aromatic heterocycles. The number of para-hydroxylation sites is 1. The van der Waals surface area contributed by atoms with E-state index in [2.05, 4.69) is 15.4 Å². The third-order valence-electron chi connectivity index (χ3n) is 5.54. The molecule has 0 saturated carbocycles. The molecule has 0 fully saturated rings. The van der Waals surface area contributed by atoms with Gasteiger partial charge in [0.2, 0.25) is 0 Å². The number of carbonyl (C=O) groups is 1. The Balaban J connectivity index is 1.46. The summed E-state index contributed by atoms with van der Waals surface area (Å²) in [6, 6.07) is 26.7. The fourth-order valence-corrected chi connectivity index (χ4v) is 3.96. The molecule has 0 unspecified atom stereocenters. The minimum atomic E-state index is -0.477. The number of rotatable bonds is 7. The lowest BCUT2D eigenvalue weighted by atomic mass is 10.2. The zero-order valence-corrected chi connectivity index (χ0v) is 20.6. The fourth-order valence-electron chi connectivity index (χ4n) is 3.78. The van der Waals surface area contributed by atoms with Crippen molar-refractivity contribution in [1.82, 2.24) is 9.66 Å². The Morgan fingerprint density at radius 2 is 1.79 bits per heavy atom. The van der Waals surface area contributed by atoms with Crippen LogP contribution in [0.1, 0.15) is 5.56 Å². The van der Waals surface area contributed by atoms with Gasteiger partial charge in [0, 0.05) is 21.8 Å². The molecule has 188 valence electrons. The highest BCUT2D eigenvalue weighted by Crippen LogP contribution is 2.23. The molecule has 0 atom stereocenters. The highest BCUT2D eigenvalue weighted by atomic mass is 35.5. The lowest BCUT2D eigenvalue weighted by Crippen LogP contribution is -2.21. The molecule has 7 nitrogen and oxygen atoms in total. The van der Waals surface area contributed by atoms with Crippen LogP contribution in [-0.2, 0) is 4.79 Å². The van der Waals surface area contributed by atoms with Gasteiger partial charge in [0.25, 0.3) is 11.5 Å². The standard InChI is InChI=1S/C29H20ClFN4O3/c30-21-13-14-26(38-18-27(36)33-23-10-6-9-22(31)16-23)20(15-21)17-32-35-28(19-7-2-1-3-8-19)34-25-12-5-4-11-24(25)29(35)37/h1-17H,18H2,(H,33,36). The van der Waals surface area contributed by atoms with Crippen LogP contribution < -0.4 is 15.6 Å². The van der Waals surface area contributed by atoms with Gasteiger partial charge in [-0.2, -0.15) is 9.78 Å². The number of nitrogens with zero attached hydrogens (tertiary/aromatic N) is 3. The van der Waals surface area contributed by atoms with E-state index in [-0.39, 0.29) is 12.2 Å². The first-order chi connectivity index (χ1) is 18.5. The van der Waals surface area contributed by atoms with Crippen molar-refractivity contribution in [3.63, 3.8) is 0 Å². The van der Waals surface area contributed by atoms with Gasteiger partial charge in [-0.15, -0.1) is 0 Å². The normalized spacial score (nSPS) is 11.1. The summed E-state index contributed by atoms with van der Waals surface area (Å²) < 4.78 is 20.3. The molecule has 1 amide bonds. The average molecular weight is 527 g/mol. The molecule has 5 aromatic rings. The second-order valence-corrected chi connectivity index (χ2v) is 8.65. The maximum Gasteiger partial charge on any atom is 0.282 e.